The van der Waals surface area contributed by atoms with Gasteiger partial charge in [-0.1, -0.05) is 0 Å². The van der Waals surface area contributed by atoms with Crippen LogP contribution in [0.1, 0.15) is 32.1 Å². The number of aliphatic hydroxyl groups is 5. The summed E-state index contributed by atoms with van der Waals surface area (Å²) in [5.41, 5.74) is -1.08. The Hall–Kier alpha value is -1.26. The van der Waals surface area contributed by atoms with Gasteiger partial charge in [0.05, 0.1) is 39.0 Å². The molecule has 1 unspecified atom stereocenters. The highest BCUT2D eigenvalue weighted by Crippen LogP contribution is 2.26. The van der Waals surface area contributed by atoms with Crippen molar-refractivity contribution in [3.63, 3.8) is 0 Å². The average Bonchev–Trinajstić information content (AvgIpc) is 2.54. The first-order valence-electron chi connectivity index (χ1n) is 7.31. The third kappa shape index (κ3) is 11.9. The van der Waals surface area contributed by atoms with Crippen molar-refractivity contribution < 1.29 is 45.3 Å². The second-order valence-corrected chi connectivity index (χ2v) is 5.28. The molecule has 0 aliphatic rings. The summed E-state index contributed by atoms with van der Waals surface area (Å²) in [6.45, 7) is -1.54. The van der Waals surface area contributed by atoms with E-state index in [2.05, 4.69) is 0 Å². The van der Waals surface area contributed by atoms with Gasteiger partial charge in [0.15, 0.2) is 0 Å². The predicted molar refractivity (Wildman–Crippen MR) is 79.7 cm³/mol. The van der Waals surface area contributed by atoms with Gasteiger partial charge in [-0.25, -0.2) is 0 Å². The number of carboxylic acids is 2. The molecule has 0 spiro atoms. The molecular weight excluding hydrogens is 312 g/mol. The molecule has 0 amide bonds. The van der Waals surface area contributed by atoms with Crippen LogP contribution in [0.3, 0.4) is 0 Å². The molecule has 0 aromatic carbocycles. The van der Waals surface area contributed by atoms with E-state index in [-0.39, 0.29) is 45.3 Å². The molecule has 0 bridgehead atoms. The van der Waals surface area contributed by atoms with Gasteiger partial charge in [0.1, 0.15) is 0 Å². The van der Waals surface area contributed by atoms with Gasteiger partial charge in [0.2, 0.25) is 0 Å². The number of hydrogen-bond donors (Lipinski definition) is 7. The SMILES string of the molecule is O=C(O)CCCC(CCC(CO)(CO)CO)C(=O)O.OCCO. The fourth-order valence-corrected chi connectivity index (χ4v) is 1.76. The summed E-state index contributed by atoms with van der Waals surface area (Å²) in [5, 5.41) is 60.2. The smallest absolute Gasteiger partial charge is 0.306 e. The maximum Gasteiger partial charge on any atom is 0.306 e. The number of aliphatic hydroxyl groups excluding tert-OH is 5. The summed E-state index contributed by atoms with van der Waals surface area (Å²) < 4.78 is 0. The Balaban J connectivity index is 0. The van der Waals surface area contributed by atoms with Crippen LogP contribution in [-0.2, 0) is 9.59 Å². The summed E-state index contributed by atoms with van der Waals surface area (Å²) in [6, 6.07) is 0. The van der Waals surface area contributed by atoms with E-state index in [1.54, 1.807) is 0 Å². The van der Waals surface area contributed by atoms with Gasteiger partial charge in [-0.05, 0) is 25.7 Å². The van der Waals surface area contributed by atoms with E-state index in [4.69, 9.17) is 35.7 Å². The van der Waals surface area contributed by atoms with Crippen LogP contribution in [-0.4, -0.2) is 80.7 Å². The van der Waals surface area contributed by atoms with Crippen molar-refractivity contribution in [2.45, 2.75) is 32.1 Å². The topological polar surface area (TPSA) is 176 Å². The lowest BCUT2D eigenvalue weighted by atomic mass is 9.82. The maximum absolute atomic E-state index is 11.0. The molecule has 0 fully saturated rings. The van der Waals surface area contributed by atoms with Gasteiger partial charge in [-0.2, -0.15) is 0 Å². The normalized spacial score (nSPS) is 12.2. The Labute approximate surface area is 134 Å². The van der Waals surface area contributed by atoms with Crippen LogP contribution >= 0.6 is 0 Å². The van der Waals surface area contributed by atoms with Crippen molar-refractivity contribution in [3.8, 4) is 0 Å². The Bertz CT molecular complexity index is 305. The molecule has 0 radical (unpaired) electrons. The minimum atomic E-state index is -1.08. The van der Waals surface area contributed by atoms with Crippen molar-refractivity contribution in [2.24, 2.45) is 11.3 Å². The first kappa shape index (κ1) is 24.0. The molecule has 9 nitrogen and oxygen atoms in total. The summed E-state index contributed by atoms with van der Waals surface area (Å²) in [7, 11) is 0. The van der Waals surface area contributed by atoms with Crippen LogP contribution < -0.4 is 0 Å². The third-order valence-corrected chi connectivity index (χ3v) is 3.42. The Kier molecular flexibility index (Phi) is 15.0. The van der Waals surface area contributed by atoms with Crippen molar-refractivity contribution in [3.05, 3.63) is 0 Å². The Morgan fingerprint density at radius 1 is 0.826 bits per heavy atom. The molecule has 0 saturated heterocycles. The summed E-state index contributed by atoms with van der Waals surface area (Å²) in [4.78, 5) is 21.4. The molecule has 0 aliphatic heterocycles. The molecule has 9 heteroatoms. The van der Waals surface area contributed by atoms with Crippen LogP contribution in [0.2, 0.25) is 0 Å². The monoisotopic (exact) mass is 340 g/mol. The lowest BCUT2D eigenvalue weighted by molar-refractivity contribution is -0.143. The van der Waals surface area contributed by atoms with E-state index in [0.717, 1.165) is 0 Å². The molecule has 138 valence electrons. The molecule has 0 aromatic rings. The first-order chi connectivity index (χ1) is 10.8. The number of carboxylic acid groups (broad SMARTS) is 2. The van der Waals surface area contributed by atoms with E-state index in [1.807, 2.05) is 0 Å². The van der Waals surface area contributed by atoms with Gasteiger partial charge < -0.3 is 35.7 Å². The van der Waals surface area contributed by atoms with Gasteiger partial charge in [-0.3, -0.25) is 9.59 Å². The van der Waals surface area contributed by atoms with Crippen LogP contribution in [0.15, 0.2) is 0 Å². The number of hydrogen-bond acceptors (Lipinski definition) is 7. The van der Waals surface area contributed by atoms with Crippen molar-refractivity contribution >= 4 is 11.9 Å². The quantitative estimate of drug-likeness (QED) is 0.226. The lowest BCUT2D eigenvalue weighted by Crippen LogP contribution is -2.35. The Morgan fingerprint density at radius 2 is 1.30 bits per heavy atom. The number of rotatable bonds is 12. The molecule has 0 saturated carbocycles. The number of carbonyl (C=O) groups is 2. The van der Waals surface area contributed by atoms with E-state index < -0.39 is 43.1 Å². The predicted octanol–water partition coefficient (Wildman–Crippen LogP) is -1.34. The van der Waals surface area contributed by atoms with Gasteiger partial charge in [0.25, 0.3) is 0 Å². The van der Waals surface area contributed by atoms with Gasteiger partial charge >= 0.3 is 11.9 Å². The van der Waals surface area contributed by atoms with Gasteiger partial charge in [-0.15, -0.1) is 0 Å². The minimum Gasteiger partial charge on any atom is -0.481 e. The molecular formula is C14H28O9. The largest absolute Gasteiger partial charge is 0.481 e. The fourth-order valence-electron chi connectivity index (χ4n) is 1.76. The van der Waals surface area contributed by atoms with Crippen LogP contribution in [0.5, 0.6) is 0 Å². The molecule has 7 N–H and O–H groups in total. The zero-order valence-electron chi connectivity index (χ0n) is 13.1. The van der Waals surface area contributed by atoms with Crippen LogP contribution in [0.25, 0.3) is 0 Å². The molecule has 23 heavy (non-hydrogen) atoms. The second-order valence-electron chi connectivity index (χ2n) is 5.28. The van der Waals surface area contributed by atoms with Crippen LogP contribution in [0.4, 0.5) is 0 Å². The molecule has 0 aliphatic carbocycles. The average molecular weight is 340 g/mol. The second kappa shape index (κ2) is 14.3. The molecule has 0 aromatic heterocycles. The summed E-state index contributed by atoms with van der Waals surface area (Å²) in [5.74, 6) is -2.74. The van der Waals surface area contributed by atoms with E-state index in [0.29, 0.717) is 0 Å². The van der Waals surface area contributed by atoms with Crippen molar-refractivity contribution in [2.75, 3.05) is 33.0 Å². The van der Waals surface area contributed by atoms with Crippen LogP contribution in [0, 0.1) is 11.3 Å². The summed E-state index contributed by atoms with van der Waals surface area (Å²) in [6.07, 6.45) is 0.739. The third-order valence-electron chi connectivity index (χ3n) is 3.42. The van der Waals surface area contributed by atoms with Crippen molar-refractivity contribution in [1.29, 1.82) is 0 Å². The van der Waals surface area contributed by atoms with E-state index in [9.17, 15) is 9.59 Å². The van der Waals surface area contributed by atoms with Gasteiger partial charge in [0, 0.05) is 11.8 Å². The van der Waals surface area contributed by atoms with Crippen molar-refractivity contribution in [1.82, 2.24) is 0 Å². The molecule has 1 atom stereocenters. The van der Waals surface area contributed by atoms with E-state index in [1.165, 1.54) is 0 Å². The highest BCUT2D eigenvalue weighted by Gasteiger charge is 2.30. The first-order valence-corrected chi connectivity index (χ1v) is 7.31. The highest BCUT2D eigenvalue weighted by molar-refractivity contribution is 5.70. The lowest BCUT2D eigenvalue weighted by Gasteiger charge is -2.28. The minimum absolute atomic E-state index is 0.0884. The zero-order chi connectivity index (χ0) is 18.3. The number of aliphatic carboxylic acids is 2. The zero-order valence-corrected chi connectivity index (χ0v) is 13.1. The Morgan fingerprint density at radius 3 is 1.61 bits per heavy atom. The molecule has 0 rings (SSSR count). The highest BCUT2D eigenvalue weighted by atomic mass is 16.4. The fraction of sp³-hybridized carbons (Fsp3) is 0.857. The maximum atomic E-state index is 11.0. The molecule has 0 heterocycles. The standard InChI is InChI=1S/C12H22O7.C2H6O2/c13-6-12(7-14,8-15)5-4-9(11(18)19)2-1-3-10(16)17;3-1-2-4/h9,13-15H,1-8H2,(H,16,17)(H,18,19);3-4H,1-2H2. The van der Waals surface area contributed by atoms with E-state index >= 15 is 0 Å². The summed E-state index contributed by atoms with van der Waals surface area (Å²) >= 11 is 0.